The summed E-state index contributed by atoms with van der Waals surface area (Å²) in [4.78, 5) is 47.0. The van der Waals surface area contributed by atoms with E-state index in [1.807, 2.05) is 5.32 Å². The molecule has 4 rings (SSSR count). The van der Waals surface area contributed by atoms with Crippen molar-refractivity contribution in [2.75, 3.05) is 47.9 Å². The van der Waals surface area contributed by atoms with Crippen molar-refractivity contribution in [3.8, 4) is 0 Å². The minimum absolute atomic E-state index is 0.0124. The van der Waals surface area contributed by atoms with E-state index in [1.54, 1.807) is 12.1 Å². The van der Waals surface area contributed by atoms with Crippen molar-refractivity contribution >= 4 is 35.1 Å². The lowest BCUT2D eigenvalue weighted by Crippen LogP contribution is -2.41. The normalized spacial score (nSPS) is 18.2. The molecule has 15 heteroatoms. The molecule has 11 nitrogen and oxygen atoms in total. The van der Waals surface area contributed by atoms with Gasteiger partial charge in [0.25, 0.3) is 5.91 Å². The molecule has 192 valence electrons. The van der Waals surface area contributed by atoms with Crippen LogP contribution < -0.4 is 20.4 Å². The van der Waals surface area contributed by atoms with Gasteiger partial charge >= 0.3 is 18.5 Å². The Morgan fingerprint density at radius 3 is 2.44 bits per heavy atom. The van der Waals surface area contributed by atoms with Crippen LogP contribution in [0.5, 0.6) is 0 Å². The molecule has 2 fully saturated rings. The van der Waals surface area contributed by atoms with Gasteiger partial charge in [0.05, 0.1) is 25.4 Å². The van der Waals surface area contributed by atoms with Crippen molar-refractivity contribution in [2.24, 2.45) is 0 Å². The Morgan fingerprint density at radius 2 is 1.78 bits per heavy atom. The van der Waals surface area contributed by atoms with Crippen LogP contribution in [-0.4, -0.2) is 73.5 Å². The Labute approximate surface area is 201 Å². The minimum atomic E-state index is -3.32. The molecule has 0 aliphatic carbocycles. The molecule has 2 N–H and O–H groups in total. The molecule has 0 spiro atoms. The number of pyridine rings is 1. The zero-order valence-electron chi connectivity index (χ0n) is 18.5. The molecule has 1 atom stereocenters. The molecule has 3 heterocycles. The van der Waals surface area contributed by atoms with Crippen LogP contribution in [-0.2, 0) is 14.4 Å². The standard InChI is InChI=1S/C21H20F4N6O5/c22-14-9-13(30-11-16(36-21(30)34)28-19(32)18(24)25)10-15(23)17(14)29-5-6-31(35-8-7-29)20(33)27-12-1-3-26-4-2-12/h1-4,9-10,16,18H,5-8,11H2,(H,28,32)(H,26,27,33). The van der Waals surface area contributed by atoms with Crippen LogP contribution in [0.4, 0.5) is 44.2 Å². The van der Waals surface area contributed by atoms with E-state index < -0.39 is 54.6 Å². The number of ether oxygens (including phenoxy) is 1. The molecule has 36 heavy (non-hydrogen) atoms. The van der Waals surface area contributed by atoms with E-state index in [0.717, 1.165) is 22.1 Å². The van der Waals surface area contributed by atoms with Crippen LogP contribution in [0.15, 0.2) is 36.7 Å². The molecular weight excluding hydrogens is 492 g/mol. The topological polar surface area (TPSA) is 116 Å². The second kappa shape index (κ2) is 10.6. The maximum atomic E-state index is 15.0. The summed E-state index contributed by atoms with van der Waals surface area (Å²) in [6.07, 6.45) is -2.80. The van der Waals surface area contributed by atoms with Gasteiger partial charge < -0.3 is 20.3 Å². The van der Waals surface area contributed by atoms with Gasteiger partial charge in [-0.05, 0) is 12.1 Å². The Kier molecular flexibility index (Phi) is 7.38. The molecule has 1 aromatic carbocycles. The van der Waals surface area contributed by atoms with E-state index in [0.29, 0.717) is 5.69 Å². The number of urea groups is 1. The van der Waals surface area contributed by atoms with Crippen molar-refractivity contribution in [3.05, 3.63) is 48.3 Å². The fourth-order valence-electron chi connectivity index (χ4n) is 3.63. The fraction of sp³-hybridized carbons (Fsp3) is 0.333. The maximum absolute atomic E-state index is 15.0. The van der Waals surface area contributed by atoms with Crippen molar-refractivity contribution in [1.82, 2.24) is 15.4 Å². The van der Waals surface area contributed by atoms with Gasteiger partial charge in [-0.25, -0.2) is 23.4 Å². The lowest BCUT2D eigenvalue weighted by Gasteiger charge is -2.24. The third-order valence-corrected chi connectivity index (χ3v) is 5.28. The average Bonchev–Trinajstić information content (AvgIpc) is 3.03. The number of hydrogen-bond acceptors (Lipinski definition) is 7. The highest BCUT2D eigenvalue weighted by Gasteiger charge is 2.36. The van der Waals surface area contributed by atoms with Gasteiger partial charge in [0.2, 0.25) is 0 Å². The number of anilines is 3. The Bertz CT molecular complexity index is 1120. The van der Waals surface area contributed by atoms with Crippen molar-refractivity contribution in [2.45, 2.75) is 12.7 Å². The van der Waals surface area contributed by atoms with Gasteiger partial charge in [-0.1, -0.05) is 0 Å². The minimum Gasteiger partial charge on any atom is -0.423 e. The molecule has 0 radical (unpaired) electrons. The Balaban J connectivity index is 1.42. The summed E-state index contributed by atoms with van der Waals surface area (Å²) in [7, 11) is 0. The largest absolute Gasteiger partial charge is 0.423 e. The molecule has 1 unspecified atom stereocenters. The third-order valence-electron chi connectivity index (χ3n) is 5.28. The highest BCUT2D eigenvalue weighted by atomic mass is 19.3. The number of benzene rings is 1. The number of rotatable bonds is 5. The number of hydrogen-bond donors (Lipinski definition) is 2. The van der Waals surface area contributed by atoms with E-state index in [4.69, 9.17) is 9.57 Å². The van der Waals surface area contributed by atoms with Crippen LogP contribution >= 0.6 is 0 Å². The number of aromatic nitrogens is 1. The molecule has 0 saturated carbocycles. The summed E-state index contributed by atoms with van der Waals surface area (Å²) in [6.45, 7) is -0.394. The van der Waals surface area contributed by atoms with Gasteiger partial charge in [0.1, 0.15) is 5.69 Å². The van der Waals surface area contributed by atoms with Gasteiger partial charge in [-0.15, -0.1) is 0 Å². The number of carbonyl (C=O) groups is 3. The smallest absolute Gasteiger partial charge is 0.416 e. The van der Waals surface area contributed by atoms with E-state index in [-0.39, 0.29) is 31.9 Å². The molecule has 0 bridgehead atoms. The van der Waals surface area contributed by atoms with Crippen LogP contribution in [0.1, 0.15) is 0 Å². The maximum Gasteiger partial charge on any atom is 0.416 e. The molecule has 2 saturated heterocycles. The van der Waals surface area contributed by atoms with Crippen molar-refractivity contribution < 1.29 is 41.5 Å². The first-order chi connectivity index (χ1) is 17.2. The predicted octanol–water partition coefficient (Wildman–Crippen LogP) is 2.31. The number of hydroxylamine groups is 2. The van der Waals surface area contributed by atoms with E-state index in [9.17, 15) is 31.9 Å². The second-order valence-corrected chi connectivity index (χ2v) is 7.64. The van der Waals surface area contributed by atoms with Crippen LogP contribution in [0.2, 0.25) is 0 Å². The first-order valence-corrected chi connectivity index (χ1v) is 10.6. The molecule has 2 aliphatic heterocycles. The van der Waals surface area contributed by atoms with Crippen LogP contribution in [0.3, 0.4) is 0 Å². The zero-order valence-corrected chi connectivity index (χ0v) is 18.5. The van der Waals surface area contributed by atoms with Crippen molar-refractivity contribution in [3.63, 3.8) is 0 Å². The third kappa shape index (κ3) is 5.56. The number of nitrogens with zero attached hydrogens (tertiary/aromatic N) is 4. The van der Waals surface area contributed by atoms with E-state index in [2.05, 4.69) is 10.3 Å². The predicted molar refractivity (Wildman–Crippen MR) is 116 cm³/mol. The monoisotopic (exact) mass is 512 g/mol. The highest BCUT2D eigenvalue weighted by Crippen LogP contribution is 2.31. The van der Waals surface area contributed by atoms with Crippen LogP contribution in [0, 0.1) is 11.6 Å². The quantitative estimate of drug-likeness (QED) is 0.591. The second-order valence-electron chi connectivity index (χ2n) is 7.64. The average molecular weight is 512 g/mol. The van der Waals surface area contributed by atoms with Crippen LogP contribution in [0.25, 0.3) is 0 Å². The molecule has 4 amide bonds. The molecule has 1 aromatic heterocycles. The number of cyclic esters (lactones) is 1. The summed E-state index contributed by atoms with van der Waals surface area (Å²) >= 11 is 0. The molecule has 2 aromatic rings. The SMILES string of the molecule is O=C(NC1CN(c2cc(F)c(N3CCON(C(=O)Nc4ccncc4)CC3)c(F)c2)C(=O)O1)C(F)F. The molecule has 2 aliphatic rings. The number of alkyl halides is 2. The Hall–Kier alpha value is -4.14. The van der Waals surface area contributed by atoms with E-state index >= 15 is 0 Å². The summed E-state index contributed by atoms with van der Waals surface area (Å²) in [6, 6.07) is 4.37. The number of amides is 4. The summed E-state index contributed by atoms with van der Waals surface area (Å²) in [5.41, 5.74) is -0.130. The molecular formula is C21H20F4N6O5. The van der Waals surface area contributed by atoms with E-state index in [1.165, 1.54) is 17.3 Å². The fourth-order valence-corrected chi connectivity index (χ4v) is 3.63. The van der Waals surface area contributed by atoms with Gasteiger partial charge in [0.15, 0.2) is 17.9 Å². The van der Waals surface area contributed by atoms with Gasteiger partial charge in [0, 0.05) is 43.3 Å². The lowest BCUT2D eigenvalue weighted by molar-refractivity contribution is -0.134. The lowest BCUT2D eigenvalue weighted by atomic mass is 10.2. The van der Waals surface area contributed by atoms with Crippen molar-refractivity contribution in [1.29, 1.82) is 0 Å². The zero-order chi connectivity index (χ0) is 25.8. The number of carbonyl (C=O) groups excluding carboxylic acids is 3. The number of nitrogens with one attached hydrogen (secondary N) is 2. The first kappa shape index (κ1) is 25.0. The summed E-state index contributed by atoms with van der Waals surface area (Å²) < 4.78 is 59.6. The Morgan fingerprint density at radius 1 is 1.08 bits per heavy atom. The van der Waals surface area contributed by atoms with Gasteiger partial charge in [-0.3, -0.25) is 19.5 Å². The summed E-state index contributed by atoms with van der Waals surface area (Å²) in [5, 5.41) is 5.47. The number of halogens is 4. The van der Waals surface area contributed by atoms with Gasteiger partial charge in [-0.2, -0.15) is 8.78 Å². The summed E-state index contributed by atoms with van der Waals surface area (Å²) in [5.74, 6) is -3.66. The first-order valence-electron chi connectivity index (χ1n) is 10.6. The highest BCUT2D eigenvalue weighted by molar-refractivity contribution is 5.91.